The van der Waals surface area contributed by atoms with E-state index in [1.165, 1.54) is 30.4 Å². The zero-order valence-electron chi connectivity index (χ0n) is 25.5. The fourth-order valence-corrected chi connectivity index (χ4v) is 3.98. The molecule has 0 saturated heterocycles. The third-order valence-electron chi connectivity index (χ3n) is 6.86. The van der Waals surface area contributed by atoms with Crippen LogP contribution in [0, 0.1) is 26.2 Å². The SMILES string of the molecule is [CH]c1ccc(NOCC(CC)(COC(=C)Nc2ccc(C)c(N=C=O)c2)COC(=O)Nc2ccc(C)c(N=C=O)c2)cc1N=C=O. The molecule has 0 aliphatic rings. The van der Waals surface area contributed by atoms with E-state index in [2.05, 4.69) is 37.7 Å². The molecule has 2 radical (unpaired) electrons. The minimum atomic E-state index is -0.896. The van der Waals surface area contributed by atoms with Crippen molar-refractivity contribution in [3.8, 4) is 0 Å². The molecule has 1 amide bonds. The molecule has 0 aliphatic heterocycles. The maximum absolute atomic E-state index is 12.8. The Labute approximate surface area is 266 Å². The summed E-state index contributed by atoms with van der Waals surface area (Å²) in [5.41, 5.74) is 6.11. The van der Waals surface area contributed by atoms with E-state index in [1.807, 2.05) is 13.8 Å². The van der Waals surface area contributed by atoms with E-state index in [9.17, 15) is 19.2 Å². The van der Waals surface area contributed by atoms with E-state index < -0.39 is 11.5 Å². The lowest BCUT2D eigenvalue weighted by Crippen LogP contribution is -2.39. The Kier molecular flexibility index (Phi) is 12.7. The first kappa shape index (κ1) is 34.7. The lowest BCUT2D eigenvalue weighted by atomic mass is 9.88. The van der Waals surface area contributed by atoms with Gasteiger partial charge >= 0.3 is 6.09 Å². The number of amides is 1. The molecule has 1 atom stereocenters. The number of nitrogens with one attached hydrogen (secondary N) is 3. The second-order valence-electron chi connectivity index (χ2n) is 10.2. The van der Waals surface area contributed by atoms with Gasteiger partial charge in [-0.3, -0.25) is 15.6 Å². The van der Waals surface area contributed by atoms with Crippen LogP contribution >= 0.6 is 0 Å². The van der Waals surface area contributed by atoms with Crippen LogP contribution in [0.3, 0.4) is 0 Å². The Morgan fingerprint density at radius 2 is 1.30 bits per heavy atom. The summed E-state index contributed by atoms with van der Waals surface area (Å²) in [6.07, 6.45) is 4.14. The summed E-state index contributed by atoms with van der Waals surface area (Å²) in [4.78, 5) is 61.7. The van der Waals surface area contributed by atoms with Gasteiger partial charge in [0.15, 0.2) is 5.88 Å². The molecule has 13 heteroatoms. The third kappa shape index (κ3) is 10.1. The van der Waals surface area contributed by atoms with Crippen molar-refractivity contribution in [3.63, 3.8) is 0 Å². The second kappa shape index (κ2) is 16.9. The molecule has 0 heterocycles. The van der Waals surface area contributed by atoms with Gasteiger partial charge in [0.05, 0.1) is 34.8 Å². The monoisotopic (exact) mass is 624 g/mol. The van der Waals surface area contributed by atoms with Crippen LogP contribution in [0.2, 0.25) is 0 Å². The van der Waals surface area contributed by atoms with Gasteiger partial charge in [-0.05, 0) is 79.9 Å². The predicted octanol–water partition coefficient (Wildman–Crippen LogP) is 6.85. The molecule has 3 rings (SSSR count). The summed E-state index contributed by atoms with van der Waals surface area (Å²) in [5.74, 6) is 0.179. The van der Waals surface area contributed by atoms with Gasteiger partial charge in [-0.1, -0.05) is 25.1 Å². The minimum Gasteiger partial charge on any atom is -0.479 e. The van der Waals surface area contributed by atoms with Gasteiger partial charge in [-0.15, -0.1) is 0 Å². The van der Waals surface area contributed by atoms with E-state index in [0.717, 1.165) is 11.1 Å². The number of carbonyl (C=O) groups excluding carboxylic acids is 4. The molecular formula is C33H32N6O7. The third-order valence-corrected chi connectivity index (χ3v) is 6.86. The number of aryl methyl sites for hydroxylation is 2. The number of hydrogen-bond donors (Lipinski definition) is 3. The number of carbonyl (C=O) groups is 1. The van der Waals surface area contributed by atoms with Crippen LogP contribution in [-0.2, 0) is 28.7 Å². The molecule has 236 valence electrons. The average Bonchev–Trinajstić information content (AvgIpc) is 3.03. The highest BCUT2D eigenvalue weighted by Crippen LogP contribution is 2.29. The van der Waals surface area contributed by atoms with E-state index in [0.29, 0.717) is 34.9 Å². The van der Waals surface area contributed by atoms with Crippen LogP contribution in [0.4, 0.5) is 38.9 Å². The van der Waals surface area contributed by atoms with Gasteiger partial charge in [0, 0.05) is 18.3 Å². The van der Waals surface area contributed by atoms with Crippen molar-refractivity contribution in [1.82, 2.24) is 0 Å². The lowest BCUT2D eigenvalue weighted by Gasteiger charge is -2.32. The van der Waals surface area contributed by atoms with Crippen molar-refractivity contribution in [1.29, 1.82) is 0 Å². The van der Waals surface area contributed by atoms with Crippen LogP contribution in [0.15, 0.2) is 82.0 Å². The van der Waals surface area contributed by atoms with Gasteiger partial charge < -0.3 is 14.8 Å². The number of benzene rings is 3. The number of isocyanates is 3. The molecule has 0 bridgehead atoms. The lowest BCUT2D eigenvalue weighted by molar-refractivity contribution is -0.0267. The number of hydrogen-bond acceptors (Lipinski definition) is 12. The van der Waals surface area contributed by atoms with Crippen molar-refractivity contribution in [2.24, 2.45) is 20.4 Å². The average molecular weight is 625 g/mol. The highest BCUT2D eigenvalue weighted by atomic mass is 16.6. The molecule has 3 aromatic rings. The molecule has 0 saturated carbocycles. The molecule has 0 spiro atoms. The fraction of sp³-hybridized carbons (Fsp3) is 0.242. The fourth-order valence-electron chi connectivity index (χ4n) is 3.98. The van der Waals surface area contributed by atoms with Gasteiger partial charge in [0.2, 0.25) is 18.2 Å². The van der Waals surface area contributed by atoms with Crippen LogP contribution in [-0.4, -0.2) is 44.2 Å². The Balaban J connectivity index is 1.73. The minimum absolute atomic E-state index is 0.000649. The van der Waals surface area contributed by atoms with Gasteiger partial charge in [0.1, 0.15) is 13.2 Å². The van der Waals surface area contributed by atoms with Crippen molar-refractivity contribution in [3.05, 3.63) is 90.7 Å². The summed E-state index contributed by atoms with van der Waals surface area (Å²) in [7, 11) is 0. The first-order valence-corrected chi connectivity index (χ1v) is 13.9. The molecular weight excluding hydrogens is 592 g/mol. The van der Waals surface area contributed by atoms with Crippen LogP contribution in [0.25, 0.3) is 0 Å². The summed E-state index contributed by atoms with van der Waals surface area (Å²) in [6.45, 7) is 15.1. The molecule has 3 N–H and O–H groups in total. The Morgan fingerprint density at radius 3 is 1.89 bits per heavy atom. The van der Waals surface area contributed by atoms with Gasteiger partial charge in [0.25, 0.3) is 0 Å². The van der Waals surface area contributed by atoms with Gasteiger partial charge in [-0.25, -0.2) is 19.2 Å². The summed E-state index contributed by atoms with van der Waals surface area (Å²) >= 11 is 0. The summed E-state index contributed by atoms with van der Waals surface area (Å²) < 4.78 is 11.5. The largest absolute Gasteiger partial charge is 0.479 e. The van der Waals surface area contributed by atoms with Crippen molar-refractivity contribution >= 4 is 58.5 Å². The van der Waals surface area contributed by atoms with E-state index in [1.54, 1.807) is 49.4 Å². The first-order valence-electron chi connectivity index (χ1n) is 13.9. The number of ether oxygens (including phenoxy) is 2. The van der Waals surface area contributed by atoms with Crippen LogP contribution in [0.5, 0.6) is 0 Å². The van der Waals surface area contributed by atoms with Crippen molar-refractivity contribution < 1.29 is 33.5 Å². The second-order valence-corrected chi connectivity index (χ2v) is 10.2. The maximum Gasteiger partial charge on any atom is 0.411 e. The van der Waals surface area contributed by atoms with Crippen molar-refractivity contribution in [2.75, 3.05) is 35.9 Å². The molecule has 0 aliphatic carbocycles. The number of aliphatic imine (C=N–C) groups is 3. The smallest absolute Gasteiger partial charge is 0.411 e. The van der Waals surface area contributed by atoms with E-state index >= 15 is 0 Å². The normalized spacial score (nSPS) is 11.4. The van der Waals surface area contributed by atoms with E-state index in [4.69, 9.17) is 21.2 Å². The Morgan fingerprint density at radius 1 is 0.783 bits per heavy atom. The summed E-state index contributed by atoms with van der Waals surface area (Å²) in [5, 5.41) is 5.63. The topological polar surface area (TPSA) is 169 Å². The molecule has 46 heavy (non-hydrogen) atoms. The Hall–Kier alpha value is -5.83. The van der Waals surface area contributed by atoms with Crippen molar-refractivity contribution in [2.45, 2.75) is 27.2 Å². The number of nitrogens with zero attached hydrogens (tertiary/aromatic N) is 3. The standard InChI is InChI=1S/C33H32N6O7/c1-6-33(18-46-39-28-12-9-24(4)31(15-28)36-21-42,16-44-25(5)37-26-10-7-22(2)29(13-26)34-19-40)17-45-32(43)38-27-11-8-23(3)30(14-27)35-20-41/h4,7-15,37,39H,5-6,16-18H2,1-3H3,(H,38,43). The highest BCUT2D eigenvalue weighted by molar-refractivity contribution is 5.85. The Bertz CT molecular complexity index is 1640. The maximum atomic E-state index is 12.8. The van der Waals surface area contributed by atoms with Crippen LogP contribution < -0.4 is 16.1 Å². The zero-order valence-corrected chi connectivity index (χ0v) is 25.5. The quantitative estimate of drug-likeness (QED) is 0.0667. The highest BCUT2D eigenvalue weighted by Gasteiger charge is 2.33. The predicted molar refractivity (Wildman–Crippen MR) is 172 cm³/mol. The number of anilines is 3. The van der Waals surface area contributed by atoms with E-state index in [-0.39, 0.29) is 37.0 Å². The molecule has 1 unspecified atom stereocenters. The summed E-state index contributed by atoms with van der Waals surface area (Å²) in [6, 6.07) is 14.7. The molecule has 13 nitrogen and oxygen atoms in total. The number of rotatable bonds is 16. The zero-order chi connectivity index (χ0) is 33.5. The first-order chi connectivity index (χ1) is 22.1. The van der Waals surface area contributed by atoms with Crippen LogP contribution in [0.1, 0.15) is 30.0 Å². The van der Waals surface area contributed by atoms with Gasteiger partial charge in [-0.2, -0.15) is 15.0 Å². The molecule has 0 aromatic heterocycles. The molecule has 3 aromatic carbocycles. The molecule has 0 fully saturated rings.